The predicted molar refractivity (Wildman–Crippen MR) is 106 cm³/mol. The van der Waals surface area contributed by atoms with Crippen LogP contribution in [0.4, 0.5) is 13.2 Å². The highest BCUT2D eigenvalue weighted by Crippen LogP contribution is 2.33. The SMILES string of the molecule is O=C(NC1CCCC1)[C@@H](c1cccs1)N(Cc1ccccc1Cl)C(=O)C(F)(F)F. The molecule has 0 bridgehead atoms. The number of alkyl halides is 3. The Morgan fingerprint density at radius 1 is 1.17 bits per heavy atom. The first-order chi connectivity index (χ1) is 13.8. The molecule has 1 saturated carbocycles. The van der Waals surface area contributed by atoms with Crippen LogP contribution >= 0.6 is 22.9 Å². The van der Waals surface area contributed by atoms with E-state index in [9.17, 15) is 22.8 Å². The molecule has 1 atom stereocenters. The molecule has 1 aliphatic rings. The molecule has 1 heterocycles. The first-order valence-electron chi connectivity index (χ1n) is 9.22. The van der Waals surface area contributed by atoms with Crippen LogP contribution < -0.4 is 5.32 Å². The van der Waals surface area contributed by atoms with E-state index in [2.05, 4.69) is 5.32 Å². The number of nitrogens with one attached hydrogen (secondary N) is 1. The highest BCUT2D eigenvalue weighted by molar-refractivity contribution is 7.10. The lowest BCUT2D eigenvalue weighted by atomic mass is 10.1. The summed E-state index contributed by atoms with van der Waals surface area (Å²) < 4.78 is 40.3. The summed E-state index contributed by atoms with van der Waals surface area (Å²) in [6, 6.07) is 8.07. The second-order valence-corrected chi connectivity index (χ2v) is 8.32. The van der Waals surface area contributed by atoms with Crippen molar-refractivity contribution in [2.75, 3.05) is 0 Å². The molecule has 0 spiro atoms. The predicted octanol–water partition coefficient (Wildman–Crippen LogP) is 5.09. The molecule has 2 amide bonds. The maximum Gasteiger partial charge on any atom is 0.471 e. The molecule has 1 aliphatic carbocycles. The van der Waals surface area contributed by atoms with Gasteiger partial charge in [-0.1, -0.05) is 48.7 Å². The smallest absolute Gasteiger partial charge is 0.351 e. The summed E-state index contributed by atoms with van der Waals surface area (Å²) in [5, 5.41) is 4.72. The molecule has 2 aromatic rings. The molecule has 1 N–H and O–H groups in total. The molecular weight excluding hydrogens is 425 g/mol. The summed E-state index contributed by atoms with van der Waals surface area (Å²) in [4.78, 5) is 26.3. The van der Waals surface area contributed by atoms with E-state index in [4.69, 9.17) is 11.6 Å². The van der Waals surface area contributed by atoms with E-state index in [0.29, 0.717) is 15.3 Å². The molecule has 0 aliphatic heterocycles. The minimum Gasteiger partial charge on any atom is -0.351 e. The van der Waals surface area contributed by atoms with Crippen molar-refractivity contribution >= 4 is 34.8 Å². The van der Waals surface area contributed by atoms with Crippen molar-refractivity contribution in [1.29, 1.82) is 0 Å². The number of carbonyl (C=O) groups is 2. The Bertz CT molecular complexity index is 852. The van der Waals surface area contributed by atoms with Crippen LogP contribution in [-0.4, -0.2) is 28.9 Å². The molecule has 3 rings (SSSR count). The Balaban J connectivity index is 1.98. The summed E-state index contributed by atoms with van der Waals surface area (Å²) in [5.74, 6) is -2.68. The lowest BCUT2D eigenvalue weighted by molar-refractivity contribution is -0.189. The zero-order valence-electron chi connectivity index (χ0n) is 15.4. The normalized spacial score (nSPS) is 15.9. The molecule has 0 radical (unpaired) electrons. The second kappa shape index (κ2) is 9.17. The molecule has 9 heteroatoms. The zero-order valence-corrected chi connectivity index (χ0v) is 17.0. The lowest BCUT2D eigenvalue weighted by Gasteiger charge is -2.32. The first-order valence-corrected chi connectivity index (χ1v) is 10.5. The van der Waals surface area contributed by atoms with E-state index in [1.807, 2.05) is 0 Å². The van der Waals surface area contributed by atoms with Crippen LogP contribution in [0, 0.1) is 0 Å². The van der Waals surface area contributed by atoms with Crippen molar-refractivity contribution in [3.63, 3.8) is 0 Å². The third kappa shape index (κ3) is 5.30. The molecule has 1 aromatic carbocycles. The van der Waals surface area contributed by atoms with Crippen LogP contribution in [0.3, 0.4) is 0 Å². The van der Waals surface area contributed by atoms with E-state index in [0.717, 1.165) is 37.0 Å². The minimum absolute atomic E-state index is 0.0897. The van der Waals surface area contributed by atoms with Crippen LogP contribution in [0.25, 0.3) is 0 Å². The van der Waals surface area contributed by atoms with Crippen molar-refractivity contribution in [3.8, 4) is 0 Å². The zero-order chi connectivity index (χ0) is 21.0. The maximum absolute atomic E-state index is 13.4. The first kappa shape index (κ1) is 21.6. The van der Waals surface area contributed by atoms with Gasteiger partial charge in [-0.2, -0.15) is 13.2 Å². The summed E-state index contributed by atoms with van der Waals surface area (Å²) in [7, 11) is 0. The average molecular weight is 445 g/mol. The molecule has 1 aromatic heterocycles. The fourth-order valence-electron chi connectivity index (χ4n) is 3.47. The quantitative estimate of drug-likeness (QED) is 0.674. The van der Waals surface area contributed by atoms with Crippen molar-refractivity contribution in [3.05, 3.63) is 57.2 Å². The van der Waals surface area contributed by atoms with Gasteiger partial charge in [0.05, 0.1) is 0 Å². The number of nitrogens with zero attached hydrogens (tertiary/aromatic N) is 1. The Morgan fingerprint density at radius 2 is 1.86 bits per heavy atom. The van der Waals surface area contributed by atoms with Crippen molar-refractivity contribution in [2.24, 2.45) is 0 Å². The fraction of sp³-hybridized carbons (Fsp3) is 0.400. The summed E-state index contributed by atoms with van der Waals surface area (Å²) in [6.45, 7) is -0.432. The molecule has 29 heavy (non-hydrogen) atoms. The number of benzene rings is 1. The van der Waals surface area contributed by atoms with Gasteiger partial charge in [-0.05, 0) is 35.9 Å². The third-order valence-electron chi connectivity index (χ3n) is 4.88. The van der Waals surface area contributed by atoms with E-state index in [-0.39, 0.29) is 11.1 Å². The fourth-order valence-corrected chi connectivity index (χ4v) is 4.50. The largest absolute Gasteiger partial charge is 0.471 e. The summed E-state index contributed by atoms with van der Waals surface area (Å²) in [5.41, 5.74) is 0.335. The Hall–Kier alpha value is -2.06. The Kier molecular flexibility index (Phi) is 6.85. The second-order valence-electron chi connectivity index (χ2n) is 6.93. The number of halogens is 4. The molecular formula is C20H20ClF3N2O2S. The number of thiophene rings is 1. The van der Waals surface area contributed by atoms with E-state index < -0.39 is 30.6 Å². The number of hydrogen-bond acceptors (Lipinski definition) is 3. The van der Waals surface area contributed by atoms with Gasteiger partial charge in [0.15, 0.2) is 0 Å². The number of carbonyl (C=O) groups excluding carboxylic acids is 2. The van der Waals surface area contributed by atoms with Gasteiger partial charge in [0.2, 0.25) is 5.91 Å². The lowest BCUT2D eigenvalue weighted by Crippen LogP contribution is -2.49. The summed E-state index contributed by atoms with van der Waals surface area (Å²) in [6.07, 6.45) is -1.65. The van der Waals surface area contributed by atoms with Crippen molar-refractivity contribution in [1.82, 2.24) is 10.2 Å². The average Bonchev–Trinajstić information content (AvgIpc) is 3.35. The van der Waals surface area contributed by atoms with Crippen LogP contribution in [-0.2, 0) is 16.1 Å². The van der Waals surface area contributed by atoms with Gasteiger partial charge in [-0.25, -0.2) is 0 Å². The minimum atomic E-state index is -5.12. The molecule has 4 nitrogen and oxygen atoms in total. The van der Waals surface area contributed by atoms with E-state index in [1.54, 1.807) is 35.7 Å². The van der Waals surface area contributed by atoms with Gasteiger partial charge in [0.25, 0.3) is 0 Å². The van der Waals surface area contributed by atoms with Gasteiger partial charge in [0.1, 0.15) is 6.04 Å². The van der Waals surface area contributed by atoms with Gasteiger partial charge < -0.3 is 10.2 Å². The number of amides is 2. The highest BCUT2D eigenvalue weighted by atomic mass is 35.5. The van der Waals surface area contributed by atoms with Crippen molar-refractivity contribution in [2.45, 2.75) is 50.5 Å². The monoisotopic (exact) mass is 444 g/mol. The maximum atomic E-state index is 13.4. The summed E-state index contributed by atoms with van der Waals surface area (Å²) >= 11 is 7.25. The number of rotatable bonds is 6. The molecule has 156 valence electrons. The van der Waals surface area contributed by atoms with Crippen LogP contribution in [0.15, 0.2) is 41.8 Å². The van der Waals surface area contributed by atoms with Gasteiger partial charge in [0, 0.05) is 22.5 Å². The standard InChI is InChI=1S/C20H20ClF3N2O2S/c21-15-9-4-1-6-13(15)12-26(19(28)20(22,23)24)17(16-10-5-11-29-16)18(27)25-14-7-2-3-8-14/h1,4-6,9-11,14,17H,2-3,7-8,12H2,(H,25,27)/t17-/m1/s1. The molecule has 0 unspecified atom stereocenters. The van der Waals surface area contributed by atoms with Crippen LogP contribution in [0.1, 0.15) is 42.2 Å². The third-order valence-corrected chi connectivity index (χ3v) is 6.17. The van der Waals surface area contributed by atoms with E-state index >= 15 is 0 Å². The van der Waals surface area contributed by atoms with Crippen molar-refractivity contribution < 1.29 is 22.8 Å². The van der Waals surface area contributed by atoms with Gasteiger partial charge >= 0.3 is 12.1 Å². The van der Waals surface area contributed by atoms with Gasteiger partial charge in [-0.15, -0.1) is 11.3 Å². The van der Waals surface area contributed by atoms with Crippen LogP contribution in [0.5, 0.6) is 0 Å². The van der Waals surface area contributed by atoms with E-state index in [1.165, 1.54) is 6.07 Å². The topological polar surface area (TPSA) is 49.4 Å². The van der Waals surface area contributed by atoms with Gasteiger partial charge in [-0.3, -0.25) is 9.59 Å². The number of hydrogen-bond donors (Lipinski definition) is 1. The Labute approximate surface area is 175 Å². The molecule has 1 fully saturated rings. The molecule has 0 saturated heterocycles. The van der Waals surface area contributed by atoms with Crippen LogP contribution in [0.2, 0.25) is 5.02 Å². The Morgan fingerprint density at radius 3 is 2.45 bits per heavy atom. The highest BCUT2D eigenvalue weighted by Gasteiger charge is 2.47.